The molecule has 0 saturated carbocycles. The number of rotatable bonds is 8. The molecule has 2 N–H and O–H groups in total. The lowest BCUT2D eigenvalue weighted by Crippen LogP contribution is -2.36. The quantitative estimate of drug-likeness (QED) is 0.490. The Morgan fingerprint density at radius 2 is 1.67 bits per heavy atom. The third kappa shape index (κ3) is 11.6. The third-order valence-corrected chi connectivity index (χ3v) is 2.42. The largest absolute Gasteiger partial charge is 0.363 e. The Morgan fingerprint density at radius 1 is 1.07 bits per heavy atom. The predicted octanol–water partition coefficient (Wildman–Crippen LogP) is 1.59. The molecule has 4 heteroatoms. The molecule has 0 aromatic heterocycles. The van der Waals surface area contributed by atoms with Gasteiger partial charge in [-0.2, -0.15) is 0 Å². The first kappa shape index (κ1) is 14.6. The topological polar surface area (TPSA) is 27.3 Å². The highest BCUT2D eigenvalue weighted by atomic mass is 32.1. The standard InChI is InChI=1S/C11H25N3S/c1-4-5-8-12-11(15)13-9-6-7-10-14(2)3/h4-10H2,1-3H3,(H2,12,13,15). The molecule has 90 valence electrons. The van der Waals surface area contributed by atoms with Gasteiger partial charge in [0.2, 0.25) is 0 Å². The van der Waals surface area contributed by atoms with Crippen LogP contribution in [-0.2, 0) is 0 Å². The van der Waals surface area contributed by atoms with Crippen molar-refractivity contribution in [3.8, 4) is 0 Å². The second-order valence-corrected chi connectivity index (χ2v) is 4.45. The van der Waals surface area contributed by atoms with Gasteiger partial charge in [-0.25, -0.2) is 0 Å². The van der Waals surface area contributed by atoms with Crippen molar-refractivity contribution in [2.75, 3.05) is 33.7 Å². The molecule has 15 heavy (non-hydrogen) atoms. The van der Waals surface area contributed by atoms with Crippen molar-refractivity contribution in [2.24, 2.45) is 0 Å². The number of nitrogens with zero attached hydrogens (tertiary/aromatic N) is 1. The fraction of sp³-hybridized carbons (Fsp3) is 0.909. The van der Waals surface area contributed by atoms with Crippen LogP contribution in [0.15, 0.2) is 0 Å². The van der Waals surface area contributed by atoms with E-state index in [1.165, 1.54) is 25.7 Å². The molecule has 0 saturated heterocycles. The lowest BCUT2D eigenvalue weighted by Gasteiger charge is -2.11. The highest BCUT2D eigenvalue weighted by Crippen LogP contribution is 1.89. The molecule has 3 nitrogen and oxygen atoms in total. The van der Waals surface area contributed by atoms with E-state index >= 15 is 0 Å². The van der Waals surface area contributed by atoms with Crippen LogP contribution in [0, 0.1) is 0 Å². The molecule has 0 aromatic rings. The molecule has 0 bridgehead atoms. The summed E-state index contributed by atoms with van der Waals surface area (Å²) in [5.74, 6) is 0. The van der Waals surface area contributed by atoms with E-state index in [4.69, 9.17) is 12.2 Å². The first-order valence-electron chi connectivity index (χ1n) is 5.83. The minimum absolute atomic E-state index is 0.799. The Bertz CT molecular complexity index is 160. The Kier molecular flexibility index (Phi) is 9.94. The van der Waals surface area contributed by atoms with Gasteiger partial charge in [-0.05, 0) is 52.1 Å². The monoisotopic (exact) mass is 231 g/mol. The maximum Gasteiger partial charge on any atom is 0.166 e. The first-order chi connectivity index (χ1) is 7.16. The molecule has 0 rings (SSSR count). The molecular formula is C11H25N3S. The summed E-state index contributed by atoms with van der Waals surface area (Å²) in [6.07, 6.45) is 4.78. The van der Waals surface area contributed by atoms with Crippen LogP contribution in [-0.4, -0.2) is 43.7 Å². The molecule has 0 radical (unpaired) electrons. The summed E-state index contributed by atoms with van der Waals surface area (Å²) in [5, 5.41) is 7.21. The summed E-state index contributed by atoms with van der Waals surface area (Å²) in [7, 11) is 4.20. The fourth-order valence-corrected chi connectivity index (χ4v) is 1.40. The Morgan fingerprint density at radius 3 is 2.20 bits per heavy atom. The number of hydrogen-bond donors (Lipinski definition) is 2. The molecule has 0 heterocycles. The molecule has 0 atom stereocenters. The van der Waals surface area contributed by atoms with E-state index in [-0.39, 0.29) is 0 Å². The second-order valence-electron chi connectivity index (χ2n) is 4.05. The predicted molar refractivity (Wildman–Crippen MR) is 71.3 cm³/mol. The van der Waals surface area contributed by atoms with Gasteiger partial charge in [0.1, 0.15) is 0 Å². The van der Waals surface area contributed by atoms with E-state index in [0.29, 0.717) is 0 Å². The average Bonchev–Trinajstić information content (AvgIpc) is 2.17. The van der Waals surface area contributed by atoms with Crippen LogP contribution in [0.2, 0.25) is 0 Å². The molecule has 0 amide bonds. The van der Waals surface area contributed by atoms with Crippen molar-refractivity contribution < 1.29 is 0 Å². The van der Waals surface area contributed by atoms with E-state index in [1.807, 2.05) is 0 Å². The summed E-state index contributed by atoms with van der Waals surface area (Å²) in [5.41, 5.74) is 0. The van der Waals surface area contributed by atoms with E-state index in [0.717, 1.165) is 24.7 Å². The van der Waals surface area contributed by atoms with Gasteiger partial charge in [0, 0.05) is 13.1 Å². The van der Waals surface area contributed by atoms with Gasteiger partial charge in [-0.15, -0.1) is 0 Å². The van der Waals surface area contributed by atoms with Gasteiger partial charge in [0.25, 0.3) is 0 Å². The van der Waals surface area contributed by atoms with Crippen LogP contribution < -0.4 is 10.6 Å². The van der Waals surface area contributed by atoms with Crippen LogP contribution in [0.3, 0.4) is 0 Å². The summed E-state index contributed by atoms with van der Waals surface area (Å²) in [6.45, 7) is 5.29. The summed E-state index contributed by atoms with van der Waals surface area (Å²) >= 11 is 5.14. The van der Waals surface area contributed by atoms with E-state index < -0.39 is 0 Å². The Labute approximate surface area is 99.6 Å². The number of nitrogens with one attached hydrogen (secondary N) is 2. The van der Waals surface area contributed by atoms with Crippen LogP contribution in [0.5, 0.6) is 0 Å². The smallest absolute Gasteiger partial charge is 0.166 e. The average molecular weight is 231 g/mol. The van der Waals surface area contributed by atoms with Crippen molar-refractivity contribution in [1.82, 2.24) is 15.5 Å². The van der Waals surface area contributed by atoms with Gasteiger partial charge in [0.05, 0.1) is 0 Å². The lowest BCUT2D eigenvalue weighted by atomic mass is 10.3. The van der Waals surface area contributed by atoms with Crippen molar-refractivity contribution in [3.05, 3.63) is 0 Å². The third-order valence-electron chi connectivity index (χ3n) is 2.13. The summed E-state index contributed by atoms with van der Waals surface area (Å²) < 4.78 is 0. The minimum Gasteiger partial charge on any atom is -0.363 e. The Balaban J connectivity index is 3.17. The van der Waals surface area contributed by atoms with Gasteiger partial charge >= 0.3 is 0 Å². The maximum atomic E-state index is 5.14. The zero-order chi connectivity index (χ0) is 11.5. The lowest BCUT2D eigenvalue weighted by molar-refractivity contribution is 0.394. The van der Waals surface area contributed by atoms with Crippen LogP contribution in [0.4, 0.5) is 0 Å². The normalized spacial score (nSPS) is 10.4. The number of unbranched alkanes of at least 4 members (excludes halogenated alkanes) is 2. The van der Waals surface area contributed by atoms with Crippen molar-refractivity contribution in [2.45, 2.75) is 32.6 Å². The second kappa shape index (κ2) is 10.2. The van der Waals surface area contributed by atoms with E-state index in [2.05, 4.69) is 36.6 Å². The zero-order valence-corrected chi connectivity index (χ0v) is 11.1. The van der Waals surface area contributed by atoms with Crippen LogP contribution >= 0.6 is 12.2 Å². The molecule has 0 aliphatic carbocycles. The number of thiocarbonyl (C=S) groups is 1. The van der Waals surface area contributed by atoms with Crippen LogP contribution in [0.1, 0.15) is 32.6 Å². The van der Waals surface area contributed by atoms with E-state index in [1.54, 1.807) is 0 Å². The van der Waals surface area contributed by atoms with Crippen molar-refractivity contribution >= 4 is 17.3 Å². The van der Waals surface area contributed by atoms with Gasteiger partial charge in [-0.3, -0.25) is 0 Å². The molecule has 0 unspecified atom stereocenters. The first-order valence-corrected chi connectivity index (χ1v) is 6.24. The highest BCUT2D eigenvalue weighted by Gasteiger charge is 1.94. The van der Waals surface area contributed by atoms with Crippen molar-refractivity contribution in [1.29, 1.82) is 0 Å². The molecule has 0 spiro atoms. The summed E-state index contributed by atoms with van der Waals surface area (Å²) in [4.78, 5) is 2.21. The number of hydrogen-bond acceptors (Lipinski definition) is 2. The molecule has 0 fully saturated rings. The van der Waals surface area contributed by atoms with Crippen molar-refractivity contribution in [3.63, 3.8) is 0 Å². The Hall–Kier alpha value is -0.350. The highest BCUT2D eigenvalue weighted by molar-refractivity contribution is 7.80. The molecule has 0 aliphatic heterocycles. The SMILES string of the molecule is CCCCNC(=S)NCCCCN(C)C. The minimum atomic E-state index is 0.799. The van der Waals surface area contributed by atoms with Crippen LogP contribution in [0.25, 0.3) is 0 Å². The molecule has 0 aliphatic rings. The maximum absolute atomic E-state index is 5.14. The fourth-order valence-electron chi connectivity index (χ4n) is 1.20. The molecule has 0 aromatic carbocycles. The van der Waals surface area contributed by atoms with Gasteiger partial charge < -0.3 is 15.5 Å². The van der Waals surface area contributed by atoms with E-state index in [9.17, 15) is 0 Å². The van der Waals surface area contributed by atoms with Gasteiger partial charge in [-0.1, -0.05) is 13.3 Å². The zero-order valence-electron chi connectivity index (χ0n) is 10.3. The molecular weight excluding hydrogens is 206 g/mol. The van der Waals surface area contributed by atoms with Gasteiger partial charge in [0.15, 0.2) is 5.11 Å². The summed E-state index contributed by atoms with van der Waals surface area (Å²) in [6, 6.07) is 0.